The zero-order valence-corrected chi connectivity index (χ0v) is 11.5. The lowest BCUT2D eigenvalue weighted by Gasteiger charge is -2.13. The van der Waals surface area contributed by atoms with Crippen LogP contribution in [0.4, 0.5) is 5.69 Å². The van der Waals surface area contributed by atoms with Crippen molar-refractivity contribution in [3.05, 3.63) is 54.0 Å². The van der Waals surface area contributed by atoms with Crippen molar-refractivity contribution in [2.24, 2.45) is 0 Å². The quantitative estimate of drug-likeness (QED) is 0.872. The first-order valence-corrected chi connectivity index (χ1v) is 6.33. The molecule has 1 heterocycles. The van der Waals surface area contributed by atoms with E-state index in [4.69, 9.17) is 4.42 Å². The van der Waals surface area contributed by atoms with Gasteiger partial charge in [0, 0.05) is 37.5 Å². The molecule has 1 aromatic carbocycles. The van der Waals surface area contributed by atoms with Crippen LogP contribution in [0.1, 0.15) is 22.0 Å². The molecular weight excluding hydrogens is 256 g/mol. The predicted molar refractivity (Wildman–Crippen MR) is 76.8 cm³/mol. The molecule has 2 rings (SSSR count). The van der Waals surface area contributed by atoms with Gasteiger partial charge in [0.2, 0.25) is 0 Å². The fraction of sp³-hybridized carbons (Fsp3) is 0.267. The van der Waals surface area contributed by atoms with Gasteiger partial charge < -0.3 is 19.7 Å². The molecule has 0 fully saturated rings. The number of rotatable bonds is 5. The number of hydrogen-bond donors (Lipinski definition) is 2. The summed E-state index contributed by atoms with van der Waals surface area (Å²) >= 11 is 0. The van der Waals surface area contributed by atoms with E-state index in [1.165, 1.54) is 12.5 Å². The maximum absolute atomic E-state index is 11.9. The van der Waals surface area contributed by atoms with Crippen LogP contribution in [-0.4, -0.2) is 31.7 Å². The molecule has 2 N–H and O–H groups in total. The van der Waals surface area contributed by atoms with Gasteiger partial charge in [-0.1, -0.05) is 0 Å². The van der Waals surface area contributed by atoms with Crippen molar-refractivity contribution in [3.8, 4) is 0 Å². The summed E-state index contributed by atoms with van der Waals surface area (Å²) in [5, 5.41) is 12.5. The van der Waals surface area contributed by atoms with Crippen LogP contribution in [0.5, 0.6) is 0 Å². The summed E-state index contributed by atoms with van der Waals surface area (Å²) in [6.45, 7) is 0.147. The van der Waals surface area contributed by atoms with Gasteiger partial charge in [-0.25, -0.2) is 0 Å². The highest BCUT2D eigenvalue weighted by atomic mass is 16.3. The minimum Gasteiger partial charge on any atom is -0.472 e. The topological polar surface area (TPSA) is 65.7 Å². The SMILES string of the molecule is CN(C)c1ccc(C(=O)NCC(O)c2ccoc2)cc1. The molecule has 1 amide bonds. The fourth-order valence-electron chi connectivity index (χ4n) is 1.78. The minimum absolute atomic E-state index is 0.147. The molecule has 1 aromatic heterocycles. The summed E-state index contributed by atoms with van der Waals surface area (Å²) in [5.74, 6) is -0.210. The molecule has 5 heteroatoms. The van der Waals surface area contributed by atoms with Gasteiger partial charge in [-0.15, -0.1) is 0 Å². The molecule has 0 spiro atoms. The number of hydrogen-bond acceptors (Lipinski definition) is 4. The second-order valence-corrected chi connectivity index (χ2v) is 4.72. The molecule has 1 atom stereocenters. The second kappa shape index (κ2) is 6.25. The van der Waals surface area contributed by atoms with Gasteiger partial charge in [-0.3, -0.25) is 4.79 Å². The Kier molecular flexibility index (Phi) is 4.42. The van der Waals surface area contributed by atoms with Crippen LogP contribution in [0.3, 0.4) is 0 Å². The normalized spacial score (nSPS) is 11.9. The molecule has 0 bridgehead atoms. The van der Waals surface area contributed by atoms with Crippen LogP contribution in [0.2, 0.25) is 0 Å². The van der Waals surface area contributed by atoms with Crippen LogP contribution < -0.4 is 10.2 Å². The summed E-state index contributed by atoms with van der Waals surface area (Å²) < 4.78 is 4.89. The van der Waals surface area contributed by atoms with E-state index in [0.717, 1.165) is 5.69 Å². The Morgan fingerprint density at radius 2 is 2.00 bits per heavy atom. The second-order valence-electron chi connectivity index (χ2n) is 4.72. The lowest BCUT2D eigenvalue weighted by Crippen LogP contribution is -2.28. The van der Waals surface area contributed by atoms with E-state index >= 15 is 0 Å². The average Bonchev–Trinajstić information content (AvgIpc) is 2.98. The van der Waals surface area contributed by atoms with Crippen LogP contribution in [0, 0.1) is 0 Å². The first kappa shape index (κ1) is 14.1. The Morgan fingerprint density at radius 1 is 1.30 bits per heavy atom. The Hall–Kier alpha value is -2.27. The third-order valence-electron chi connectivity index (χ3n) is 3.03. The largest absolute Gasteiger partial charge is 0.472 e. The molecule has 0 aliphatic carbocycles. The third kappa shape index (κ3) is 3.39. The van der Waals surface area contributed by atoms with Gasteiger partial charge in [-0.05, 0) is 30.3 Å². The summed E-state index contributed by atoms with van der Waals surface area (Å²) in [4.78, 5) is 13.9. The van der Waals surface area contributed by atoms with Crippen molar-refractivity contribution in [2.45, 2.75) is 6.10 Å². The Balaban J connectivity index is 1.91. The van der Waals surface area contributed by atoms with Gasteiger partial charge in [0.15, 0.2) is 0 Å². The zero-order valence-electron chi connectivity index (χ0n) is 11.5. The smallest absolute Gasteiger partial charge is 0.251 e. The number of carbonyl (C=O) groups is 1. The molecule has 106 valence electrons. The Labute approximate surface area is 117 Å². The number of carbonyl (C=O) groups excluding carboxylic acids is 1. The fourth-order valence-corrected chi connectivity index (χ4v) is 1.78. The van der Waals surface area contributed by atoms with E-state index in [1.807, 2.05) is 31.1 Å². The molecule has 0 saturated carbocycles. The van der Waals surface area contributed by atoms with Gasteiger partial charge in [0.1, 0.15) is 0 Å². The molecule has 1 unspecified atom stereocenters. The van der Waals surface area contributed by atoms with E-state index in [9.17, 15) is 9.90 Å². The van der Waals surface area contributed by atoms with Crippen LogP contribution in [0.25, 0.3) is 0 Å². The molecule has 2 aromatic rings. The first-order valence-electron chi connectivity index (χ1n) is 6.33. The highest BCUT2D eigenvalue weighted by Crippen LogP contribution is 2.14. The van der Waals surface area contributed by atoms with Crippen molar-refractivity contribution in [1.29, 1.82) is 0 Å². The van der Waals surface area contributed by atoms with E-state index < -0.39 is 6.10 Å². The van der Waals surface area contributed by atoms with E-state index in [1.54, 1.807) is 18.2 Å². The van der Waals surface area contributed by atoms with Crippen molar-refractivity contribution in [2.75, 3.05) is 25.5 Å². The maximum Gasteiger partial charge on any atom is 0.251 e. The van der Waals surface area contributed by atoms with E-state index in [0.29, 0.717) is 11.1 Å². The highest BCUT2D eigenvalue weighted by Gasteiger charge is 2.11. The van der Waals surface area contributed by atoms with Crippen LogP contribution in [-0.2, 0) is 0 Å². The van der Waals surface area contributed by atoms with E-state index in [-0.39, 0.29) is 12.5 Å². The molecule has 20 heavy (non-hydrogen) atoms. The summed E-state index contributed by atoms with van der Waals surface area (Å²) in [5.41, 5.74) is 2.24. The van der Waals surface area contributed by atoms with Crippen LogP contribution in [0.15, 0.2) is 47.3 Å². The highest BCUT2D eigenvalue weighted by molar-refractivity contribution is 5.94. The monoisotopic (exact) mass is 274 g/mol. The summed E-state index contributed by atoms with van der Waals surface area (Å²) in [7, 11) is 3.88. The van der Waals surface area contributed by atoms with Gasteiger partial charge >= 0.3 is 0 Å². The van der Waals surface area contributed by atoms with Crippen molar-refractivity contribution in [1.82, 2.24) is 5.32 Å². The number of nitrogens with one attached hydrogen (secondary N) is 1. The number of nitrogens with zero attached hydrogens (tertiary/aromatic N) is 1. The first-order chi connectivity index (χ1) is 9.58. The van der Waals surface area contributed by atoms with E-state index in [2.05, 4.69) is 5.32 Å². The number of aliphatic hydroxyl groups excluding tert-OH is 1. The number of benzene rings is 1. The summed E-state index contributed by atoms with van der Waals surface area (Å²) in [6.07, 6.45) is 2.18. The minimum atomic E-state index is -0.765. The Morgan fingerprint density at radius 3 is 2.55 bits per heavy atom. The number of anilines is 1. The molecular formula is C15H18N2O3. The molecule has 5 nitrogen and oxygen atoms in total. The number of aliphatic hydroxyl groups is 1. The molecule has 0 aliphatic heterocycles. The standard InChI is InChI=1S/C15H18N2O3/c1-17(2)13-5-3-11(4-6-13)15(19)16-9-14(18)12-7-8-20-10-12/h3-8,10,14,18H,9H2,1-2H3,(H,16,19). The van der Waals surface area contributed by atoms with Gasteiger partial charge in [0.05, 0.1) is 18.6 Å². The molecule has 0 radical (unpaired) electrons. The lowest BCUT2D eigenvalue weighted by molar-refractivity contribution is 0.0916. The Bertz CT molecular complexity index is 547. The van der Waals surface area contributed by atoms with Crippen molar-refractivity contribution >= 4 is 11.6 Å². The number of amides is 1. The maximum atomic E-state index is 11.9. The average molecular weight is 274 g/mol. The number of furan rings is 1. The molecule has 0 aliphatic rings. The van der Waals surface area contributed by atoms with Crippen LogP contribution >= 0.6 is 0 Å². The summed E-state index contributed by atoms with van der Waals surface area (Å²) in [6, 6.07) is 8.94. The molecule has 0 saturated heterocycles. The van der Waals surface area contributed by atoms with Gasteiger partial charge in [-0.2, -0.15) is 0 Å². The van der Waals surface area contributed by atoms with Crippen molar-refractivity contribution < 1.29 is 14.3 Å². The van der Waals surface area contributed by atoms with Crippen molar-refractivity contribution in [3.63, 3.8) is 0 Å². The zero-order chi connectivity index (χ0) is 14.5. The third-order valence-corrected chi connectivity index (χ3v) is 3.03. The van der Waals surface area contributed by atoms with Gasteiger partial charge in [0.25, 0.3) is 5.91 Å². The lowest BCUT2D eigenvalue weighted by atomic mass is 10.1. The predicted octanol–water partition coefficient (Wildman–Crippen LogP) is 1.81.